The van der Waals surface area contributed by atoms with Gasteiger partial charge in [-0.1, -0.05) is 3.89 Å². The van der Waals surface area contributed by atoms with Crippen LogP contribution in [0.1, 0.15) is 5.56 Å². The lowest BCUT2D eigenvalue weighted by Crippen LogP contribution is -2.04. The van der Waals surface area contributed by atoms with Crippen molar-refractivity contribution in [2.24, 2.45) is 7.05 Å². The zero-order valence-electron chi connectivity index (χ0n) is 13.8. The van der Waals surface area contributed by atoms with Gasteiger partial charge in [0, 0.05) is 12.6 Å². The summed E-state index contributed by atoms with van der Waals surface area (Å²) in [6.45, 7) is -0.421. The zero-order valence-corrected chi connectivity index (χ0v) is 14.6. The van der Waals surface area contributed by atoms with E-state index in [-0.39, 0.29) is 28.5 Å². The second-order valence-corrected chi connectivity index (χ2v) is 6.35. The Hall–Kier alpha value is -3.08. The third kappa shape index (κ3) is 4.76. The summed E-state index contributed by atoms with van der Waals surface area (Å²) in [6, 6.07) is 7.00. The van der Waals surface area contributed by atoms with E-state index < -0.39 is 28.7 Å². The molecule has 0 amide bonds. The number of rotatable bonds is 6. The number of ether oxygens (including phenoxy) is 1. The molecule has 0 spiro atoms. The first-order valence-electron chi connectivity index (χ1n) is 7.42. The molecule has 0 radical (unpaired) electrons. The van der Waals surface area contributed by atoms with Crippen LogP contribution in [0.15, 0.2) is 42.7 Å². The quantitative estimate of drug-likeness (QED) is 0.593. The Labute approximate surface area is 152 Å². The van der Waals surface area contributed by atoms with Crippen molar-refractivity contribution in [2.75, 3.05) is 0 Å². The maximum Gasteiger partial charge on any atom is 0.488 e. The van der Waals surface area contributed by atoms with Crippen LogP contribution in [0.2, 0.25) is 0 Å². The van der Waals surface area contributed by atoms with Gasteiger partial charge in [0.1, 0.15) is 36.1 Å². The van der Waals surface area contributed by atoms with Gasteiger partial charge in [0.05, 0.1) is 5.56 Å². The molecule has 0 aliphatic heterocycles. The fourth-order valence-electron chi connectivity index (χ4n) is 2.20. The number of hydrogen-bond acceptors (Lipinski definition) is 6. The fourth-order valence-corrected chi connectivity index (χ4v) is 2.54. The molecule has 2 aromatic carbocycles. The molecule has 0 fully saturated rings. The standard InChI is InChI=1S/C16H12F3N3O4S/c1-22-9-20-16(21-22)10-6-14(17)13(15(18)7-10)8-25-11-2-4-12(5-3-11)26-27(19,23)24/h2-7,9H,8H2,1H3. The van der Waals surface area contributed by atoms with Gasteiger partial charge in [0.25, 0.3) is 0 Å². The average molecular weight is 399 g/mol. The Morgan fingerprint density at radius 1 is 1.07 bits per heavy atom. The first-order valence-corrected chi connectivity index (χ1v) is 8.73. The largest absolute Gasteiger partial charge is 0.489 e. The molecule has 1 heterocycles. The van der Waals surface area contributed by atoms with Gasteiger partial charge in [0.2, 0.25) is 0 Å². The molecular formula is C16H12F3N3O4S. The van der Waals surface area contributed by atoms with Gasteiger partial charge in [-0.15, -0.1) is 0 Å². The second-order valence-electron chi connectivity index (χ2n) is 5.40. The molecule has 0 aliphatic carbocycles. The number of benzene rings is 2. The molecule has 27 heavy (non-hydrogen) atoms. The molecule has 142 valence electrons. The highest BCUT2D eigenvalue weighted by Gasteiger charge is 2.15. The Morgan fingerprint density at radius 2 is 1.67 bits per heavy atom. The first kappa shape index (κ1) is 18.7. The lowest BCUT2D eigenvalue weighted by Gasteiger charge is -2.10. The topological polar surface area (TPSA) is 83.3 Å². The van der Waals surface area contributed by atoms with Crippen LogP contribution in [-0.2, 0) is 24.2 Å². The van der Waals surface area contributed by atoms with E-state index in [2.05, 4.69) is 14.3 Å². The van der Waals surface area contributed by atoms with E-state index in [4.69, 9.17) is 4.74 Å². The number of hydrogen-bond donors (Lipinski definition) is 0. The van der Waals surface area contributed by atoms with Gasteiger partial charge in [-0.05, 0) is 36.4 Å². The van der Waals surface area contributed by atoms with E-state index in [1.54, 1.807) is 7.05 Å². The molecule has 0 aliphatic rings. The lowest BCUT2D eigenvalue weighted by atomic mass is 10.1. The van der Waals surface area contributed by atoms with Crippen molar-refractivity contribution in [1.29, 1.82) is 0 Å². The summed E-state index contributed by atoms with van der Waals surface area (Å²) in [5, 5.41) is 3.98. The summed E-state index contributed by atoms with van der Waals surface area (Å²) in [5.41, 5.74) is -0.121. The van der Waals surface area contributed by atoms with Gasteiger partial charge in [-0.25, -0.2) is 13.8 Å². The van der Waals surface area contributed by atoms with E-state index in [0.717, 1.165) is 24.3 Å². The molecule has 3 aromatic rings. The predicted octanol–water partition coefficient (Wildman–Crippen LogP) is 2.93. The minimum absolute atomic E-state index is 0.174. The summed E-state index contributed by atoms with van der Waals surface area (Å²) in [4.78, 5) is 3.93. The zero-order chi connectivity index (χ0) is 19.6. The van der Waals surface area contributed by atoms with Crippen molar-refractivity contribution in [3.05, 3.63) is 59.9 Å². The van der Waals surface area contributed by atoms with Crippen LogP contribution in [0.25, 0.3) is 11.4 Å². The molecule has 0 saturated carbocycles. The van der Waals surface area contributed by atoms with E-state index in [1.807, 2.05) is 0 Å². The molecule has 0 saturated heterocycles. The summed E-state index contributed by atoms with van der Waals surface area (Å²) in [5.74, 6) is -1.58. The molecule has 7 nitrogen and oxygen atoms in total. The third-order valence-electron chi connectivity index (χ3n) is 3.40. The fraction of sp³-hybridized carbons (Fsp3) is 0.125. The highest BCUT2D eigenvalue weighted by atomic mass is 32.3. The van der Waals surface area contributed by atoms with E-state index in [9.17, 15) is 21.1 Å². The number of aryl methyl sites for hydroxylation is 1. The second kappa shape index (κ2) is 7.27. The minimum atomic E-state index is -5.13. The van der Waals surface area contributed by atoms with Gasteiger partial charge < -0.3 is 8.92 Å². The Balaban J connectivity index is 1.72. The van der Waals surface area contributed by atoms with Crippen LogP contribution in [0, 0.1) is 11.6 Å². The van der Waals surface area contributed by atoms with E-state index in [1.165, 1.54) is 23.1 Å². The van der Waals surface area contributed by atoms with E-state index >= 15 is 0 Å². The van der Waals surface area contributed by atoms with Crippen LogP contribution in [-0.4, -0.2) is 23.2 Å². The van der Waals surface area contributed by atoms with Gasteiger partial charge in [-0.3, -0.25) is 4.68 Å². The Morgan fingerprint density at radius 3 is 2.19 bits per heavy atom. The number of halogens is 3. The molecule has 0 N–H and O–H groups in total. The summed E-state index contributed by atoms with van der Waals surface area (Å²) >= 11 is 0. The molecule has 11 heteroatoms. The average Bonchev–Trinajstić information content (AvgIpc) is 3.00. The maximum atomic E-state index is 14.2. The predicted molar refractivity (Wildman–Crippen MR) is 87.8 cm³/mol. The molecule has 0 atom stereocenters. The van der Waals surface area contributed by atoms with Crippen molar-refractivity contribution in [3.63, 3.8) is 0 Å². The van der Waals surface area contributed by atoms with E-state index in [0.29, 0.717) is 0 Å². The third-order valence-corrected chi connectivity index (χ3v) is 3.79. The molecule has 0 bridgehead atoms. The highest BCUT2D eigenvalue weighted by molar-refractivity contribution is 7.81. The van der Waals surface area contributed by atoms with Gasteiger partial charge in [-0.2, -0.15) is 13.5 Å². The van der Waals surface area contributed by atoms with Crippen molar-refractivity contribution < 1.29 is 30.0 Å². The number of nitrogens with zero attached hydrogens (tertiary/aromatic N) is 3. The highest BCUT2D eigenvalue weighted by Crippen LogP contribution is 2.24. The molecule has 1 aromatic heterocycles. The van der Waals surface area contributed by atoms with Crippen LogP contribution in [0.4, 0.5) is 12.7 Å². The number of aromatic nitrogens is 3. The van der Waals surface area contributed by atoms with Crippen LogP contribution >= 0.6 is 0 Å². The summed E-state index contributed by atoms with van der Waals surface area (Å²) in [7, 11) is -3.50. The Bertz CT molecular complexity index is 1050. The molecular weight excluding hydrogens is 387 g/mol. The first-order chi connectivity index (χ1) is 12.7. The van der Waals surface area contributed by atoms with Crippen molar-refractivity contribution in [3.8, 4) is 22.9 Å². The SMILES string of the molecule is Cn1cnc(-c2cc(F)c(COc3ccc(OS(=O)(=O)F)cc3)c(F)c2)n1. The molecule has 3 rings (SSSR count). The van der Waals surface area contributed by atoms with Gasteiger partial charge in [0.15, 0.2) is 5.82 Å². The van der Waals surface area contributed by atoms with Gasteiger partial charge >= 0.3 is 10.5 Å². The van der Waals surface area contributed by atoms with Crippen molar-refractivity contribution in [1.82, 2.24) is 14.8 Å². The van der Waals surface area contributed by atoms with Crippen molar-refractivity contribution in [2.45, 2.75) is 6.61 Å². The normalized spacial score (nSPS) is 11.4. The monoisotopic (exact) mass is 399 g/mol. The Kier molecular flexibility index (Phi) is 5.04. The maximum absolute atomic E-state index is 14.2. The van der Waals surface area contributed by atoms with Crippen LogP contribution < -0.4 is 8.92 Å². The molecule has 0 unspecified atom stereocenters. The summed E-state index contributed by atoms with van der Waals surface area (Å²) in [6.07, 6.45) is 1.41. The van der Waals surface area contributed by atoms with Crippen molar-refractivity contribution >= 4 is 10.5 Å². The summed E-state index contributed by atoms with van der Waals surface area (Å²) < 4.78 is 72.4. The van der Waals surface area contributed by atoms with Crippen LogP contribution in [0.3, 0.4) is 0 Å². The van der Waals surface area contributed by atoms with Crippen LogP contribution in [0.5, 0.6) is 11.5 Å². The lowest BCUT2D eigenvalue weighted by molar-refractivity contribution is 0.292. The minimum Gasteiger partial charge on any atom is -0.489 e. The smallest absolute Gasteiger partial charge is 0.488 e.